The molecule has 0 fully saturated rings. The molecule has 0 saturated heterocycles. The van der Waals surface area contributed by atoms with Crippen molar-refractivity contribution in [2.24, 2.45) is 0 Å². The predicted octanol–water partition coefficient (Wildman–Crippen LogP) is 0.571. The van der Waals surface area contributed by atoms with Crippen molar-refractivity contribution in [1.29, 1.82) is 5.26 Å². The normalized spacial score (nSPS) is 10.3. The highest BCUT2D eigenvalue weighted by atomic mass is 14.7. The van der Waals surface area contributed by atoms with Gasteiger partial charge in [-0.15, -0.1) is 0 Å². The molecule has 0 rings (SSSR count). The molecular formula is C4H7N2. The molecule has 0 amide bonds. The fraction of sp³-hybridized carbons (Fsp3) is 0.750. The van der Waals surface area contributed by atoms with Crippen LogP contribution in [0.2, 0.25) is 0 Å². The Morgan fingerprint density at radius 1 is 1.67 bits per heavy atom. The highest BCUT2D eigenvalue weighted by molar-refractivity contribution is 4.95. The van der Waals surface area contributed by atoms with Crippen LogP contribution in [0, 0.1) is 11.3 Å². The zero-order valence-corrected chi connectivity index (χ0v) is 3.95. The number of nitriles is 1. The summed E-state index contributed by atoms with van der Waals surface area (Å²) in [6.45, 7) is 3.10. The minimum atomic E-state index is -0.903. The van der Waals surface area contributed by atoms with E-state index in [2.05, 4.69) is 0 Å². The number of nitrogens with one attached hydrogen (secondary N) is 1. The van der Waals surface area contributed by atoms with Gasteiger partial charge >= 0.3 is 0 Å². The van der Waals surface area contributed by atoms with Gasteiger partial charge in [0.2, 0.25) is 0 Å². The number of hydrogen-bond acceptors (Lipinski definition) is 1. The second kappa shape index (κ2) is 1.27. The molecule has 0 heterocycles. The van der Waals surface area contributed by atoms with E-state index in [1.54, 1.807) is 19.9 Å². The topological polar surface area (TPSA) is 47.6 Å². The molecule has 0 spiro atoms. The zero-order valence-electron chi connectivity index (χ0n) is 3.95. The summed E-state index contributed by atoms with van der Waals surface area (Å²) >= 11 is 0. The molecule has 0 bridgehead atoms. The second-order valence-corrected chi connectivity index (χ2v) is 1.74. The third kappa shape index (κ3) is 3.45. The maximum absolute atomic E-state index is 7.97. The summed E-state index contributed by atoms with van der Waals surface area (Å²) in [4.78, 5) is 0. The van der Waals surface area contributed by atoms with Crippen LogP contribution in [0.25, 0.3) is 0 Å². The van der Waals surface area contributed by atoms with Gasteiger partial charge < -0.3 is 0 Å². The summed E-state index contributed by atoms with van der Waals surface area (Å²) in [6, 6.07) is 1.77. The van der Waals surface area contributed by atoms with Gasteiger partial charge in [0.1, 0.15) is 5.54 Å². The van der Waals surface area contributed by atoms with Gasteiger partial charge in [-0.2, -0.15) is 5.26 Å². The maximum atomic E-state index is 7.97. The van der Waals surface area contributed by atoms with E-state index < -0.39 is 5.54 Å². The van der Waals surface area contributed by atoms with Crippen LogP contribution in [0.1, 0.15) is 13.8 Å². The molecule has 0 aliphatic heterocycles. The lowest BCUT2D eigenvalue weighted by Gasteiger charge is -2.00. The quantitative estimate of drug-likeness (QED) is 0.422. The number of nitrogens with zero attached hydrogens (tertiary/aromatic N) is 1. The molecule has 33 valence electrons. The molecule has 0 aromatic heterocycles. The molecule has 0 aromatic rings. The van der Waals surface area contributed by atoms with Gasteiger partial charge in [0.25, 0.3) is 0 Å². The summed E-state index contributed by atoms with van der Waals surface area (Å²) in [5, 5.41) is 7.97. The molecule has 0 aliphatic rings. The summed E-state index contributed by atoms with van der Waals surface area (Å²) < 4.78 is 0. The first-order chi connectivity index (χ1) is 2.56. The third-order valence-electron chi connectivity index (χ3n) is 0.280. The van der Waals surface area contributed by atoms with Crippen LogP contribution >= 0.6 is 0 Å². The molecule has 2 heteroatoms. The Labute approximate surface area is 37.6 Å². The molecule has 0 aromatic carbocycles. The van der Waals surface area contributed by atoms with Gasteiger partial charge in [0, 0.05) is 0 Å². The van der Waals surface area contributed by atoms with Crippen molar-refractivity contribution in [1.82, 2.24) is 5.73 Å². The second-order valence-electron chi connectivity index (χ2n) is 1.74. The van der Waals surface area contributed by atoms with Crippen LogP contribution < -0.4 is 5.73 Å². The fourth-order valence-corrected chi connectivity index (χ4v) is 0. The highest BCUT2D eigenvalue weighted by Crippen LogP contribution is 1.92. The van der Waals surface area contributed by atoms with Crippen LogP contribution in [-0.4, -0.2) is 5.54 Å². The van der Waals surface area contributed by atoms with E-state index in [-0.39, 0.29) is 0 Å². The Bertz CT molecular complexity index is 72.5. The zero-order chi connectivity index (χ0) is 5.21. The van der Waals surface area contributed by atoms with Gasteiger partial charge in [0.05, 0.1) is 6.07 Å². The summed E-state index contributed by atoms with van der Waals surface area (Å²) in [5.41, 5.74) is 5.92. The van der Waals surface area contributed by atoms with Crippen LogP contribution in [0.4, 0.5) is 0 Å². The van der Waals surface area contributed by atoms with Crippen LogP contribution in [-0.2, 0) is 0 Å². The predicted molar refractivity (Wildman–Crippen MR) is 22.8 cm³/mol. The minimum Gasteiger partial charge on any atom is -0.237 e. The fourth-order valence-electron chi connectivity index (χ4n) is 0. The first-order valence-corrected chi connectivity index (χ1v) is 1.72. The van der Waals surface area contributed by atoms with Crippen molar-refractivity contribution in [2.75, 3.05) is 0 Å². The van der Waals surface area contributed by atoms with Crippen LogP contribution in [0.3, 0.4) is 0 Å². The van der Waals surface area contributed by atoms with Crippen molar-refractivity contribution >= 4 is 0 Å². The Balaban J connectivity index is 3.55. The van der Waals surface area contributed by atoms with Gasteiger partial charge in [0.15, 0.2) is 0 Å². The van der Waals surface area contributed by atoms with E-state index in [4.69, 9.17) is 11.0 Å². The third-order valence-corrected chi connectivity index (χ3v) is 0.280. The lowest BCUT2D eigenvalue weighted by Crippen LogP contribution is -2.16. The average molecular weight is 83.1 g/mol. The smallest absolute Gasteiger partial charge is 0.113 e. The molecule has 2 nitrogen and oxygen atoms in total. The molecule has 1 radical (unpaired) electrons. The number of hydrogen-bond donors (Lipinski definition) is 0. The Morgan fingerprint density at radius 2 is 1.83 bits per heavy atom. The molecule has 0 atom stereocenters. The van der Waals surface area contributed by atoms with Crippen molar-refractivity contribution in [2.45, 2.75) is 19.4 Å². The molecule has 0 saturated carbocycles. The minimum absolute atomic E-state index is 0.903. The largest absolute Gasteiger partial charge is 0.237 e. The lowest BCUT2D eigenvalue weighted by molar-refractivity contribution is 0.645. The monoisotopic (exact) mass is 83.1 g/mol. The average Bonchev–Trinajstić information content (AvgIpc) is 1.35. The Kier molecular flexibility index (Phi) is 1.16. The summed E-state index contributed by atoms with van der Waals surface area (Å²) in [6.07, 6.45) is 0. The Morgan fingerprint density at radius 3 is 1.83 bits per heavy atom. The van der Waals surface area contributed by atoms with Gasteiger partial charge in [-0.3, -0.25) is 0 Å². The summed E-state index contributed by atoms with van der Waals surface area (Å²) in [5.74, 6) is 0. The molecule has 1 N–H and O–H groups in total. The van der Waals surface area contributed by atoms with E-state index in [1.807, 2.05) is 0 Å². The molecular weight excluding hydrogens is 76.1 g/mol. The van der Waals surface area contributed by atoms with E-state index in [1.165, 1.54) is 0 Å². The van der Waals surface area contributed by atoms with E-state index in [9.17, 15) is 0 Å². The van der Waals surface area contributed by atoms with Crippen molar-refractivity contribution in [3.8, 4) is 6.07 Å². The standard InChI is InChI=1S/C4H7N2/c1-4(2,6)3-5/h6H,1-2H3. The molecule has 0 aliphatic carbocycles. The van der Waals surface area contributed by atoms with E-state index >= 15 is 0 Å². The highest BCUT2D eigenvalue weighted by Gasteiger charge is 2.06. The van der Waals surface area contributed by atoms with Crippen molar-refractivity contribution in [3.05, 3.63) is 0 Å². The van der Waals surface area contributed by atoms with Crippen LogP contribution in [0.5, 0.6) is 0 Å². The summed E-state index contributed by atoms with van der Waals surface area (Å²) in [7, 11) is 0. The van der Waals surface area contributed by atoms with Gasteiger partial charge in [-0.25, -0.2) is 5.73 Å². The first kappa shape index (κ1) is 5.45. The van der Waals surface area contributed by atoms with Crippen LogP contribution in [0.15, 0.2) is 0 Å². The Hall–Kier alpha value is -0.550. The first-order valence-electron chi connectivity index (χ1n) is 1.72. The maximum Gasteiger partial charge on any atom is 0.113 e. The SMILES string of the molecule is CC(C)([NH])C#N. The number of rotatable bonds is 0. The van der Waals surface area contributed by atoms with Gasteiger partial charge in [-0.1, -0.05) is 0 Å². The van der Waals surface area contributed by atoms with Crippen molar-refractivity contribution in [3.63, 3.8) is 0 Å². The molecule has 0 unspecified atom stereocenters. The lowest BCUT2D eigenvalue weighted by atomic mass is 10.1. The van der Waals surface area contributed by atoms with Gasteiger partial charge in [-0.05, 0) is 13.8 Å². The molecule has 6 heavy (non-hydrogen) atoms. The van der Waals surface area contributed by atoms with E-state index in [0.717, 1.165) is 0 Å². The van der Waals surface area contributed by atoms with E-state index in [0.29, 0.717) is 0 Å². The van der Waals surface area contributed by atoms with Crippen molar-refractivity contribution < 1.29 is 0 Å².